The number of ether oxygens (including phenoxy) is 2. The summed E-state index contributed by atoms with van der Waals surface area (Å²) in [6.45, 7) is 9.67. The Morgan fingerprint density at radius 3 is 2.42 bits per heavy atom. The summed E-state index contributed by atoms with van der Waals surface area (Å²) in [5, 5.41) is 7.12. The van der Waals surface area contributed by atoms with Crippen LogP contribution in [0.5, 0.6) is 5.75 Å². The van der Waals surface area contributed by atoms with Crippen LogP contribution in [0.25, 0.3) is 0 Å². The maximum atomic E-state index is 12.7. The number of carboxylic acids is 1. The number of amides is 1. The van der Waals surface area contributed by atoms with Crippen LogP contribution in [0, 0.1) is 5.41 Å². The smallest absolute Gasteiger partial charge is 0.490 e. The average molecular weight is 446 g/mol. The molecule has 3 rings (SSSR count). The van der Waals surface area contributed by atoms with Crippen LogP contribution in [0.15, 0.2) is 24.3 Å². The van der Waals surface area contributed by atoms with Gasteiger partial charge in [0.15, 0.2) is 0 Å². The van der Waals surface area contributed by atoms with Gasteiger partial charge in [0.2, 0.25) is 0 Å². The molecule has 1 N–H and O–H groups in total. The molecule has 1 aromatic carbocycles. The van der Waals surface area contributed by atoms with Crippen LogP contribution in [-0.2, 0) is 9.53 Å². The fourth-order valence-electron chi connectivity index (χ4n) is 3.76. The summed E-state index contributed by atoms with van der Waals surface area (Å²) in [7, 11) is 1.74. The number of hydrogen-bond donors (Lipinski definition) is 1. The molecule has 0 radical (unpaired) electrons. The van der Waals surface area contributed by atoms with E-state index in [9.17, 15) is 18.0 Å². The molecule has 0 unspecified atom stereocenters. The lowest BCUT2D eigenvalue weighted by atomic mass is 9.78. The van der Waals surface area contributed by atoms with Gasteiger partial charge >= 0.3 is 12.1 Å². The van der Waals surface area contributed by atoms with Crippen LogP contribution in [0.4, 0.5) is 13.2 Å². The first-order chi connectivity index (χ1) is 14.5. The summed E-state index contributed by atoms with van der Waals surface area (Å²) in [4.78, 5) is 26.0. The van der Waals surface area contributed by atoms with Gasteiger partial charge in [-0.1, -0.05) is 6.07 Å². The van der Waals surface area contributed by atoms with E-state index < -0.39 is 12.1 Å². The van der Waals surface area contributed by atoms with E-state index in [0.29, 0.717) is 5.41 Å². The van der Waals surface area contributed by atoms with Gasteiger partial charge in [-0.05, 0) is 45.0 Å². The third-order valence-electron chi connectivity index (χ3n) is 5.16. The van der Waals surface area contributed by atoms with Crippen molar-refractivity contribution in [1.29, 1.82) is 0 Å². The van der Waals surface area contributed by atoms with Crippen LogP contribution in [0.3, 0.4) is 0 Å². The average Bonchev–Trinajstić information content (AvgIpc) is 3.09. The molecule has 0 aromatic heterocycles. The van der Waals surface area contributed by atoms with E-state index in [2.05, 4.69) is 4.90 Å². The van der Waals surface area contributed by atoms with E-state index in [0.717, 1.165) is 50.6 Å². The fraction of sp³-hybridized carbons (Fsp3) is 0.619. The van der Waals surface area contributed by atoms with Crippen molar-refractivity contribution in [3.05, 3.63) is 29.8 Å². The van der Waals surface area contributed by atoms with Crippen molar-refractivity contribution in [3.63, 3.8) is 0 Å². The number of carbonyl (C=O) groups excluding carboxylic acids is 1. The molecule has 10 heteroatoms. The largest absolute Gasteiger partial charge is 0.491 e. The van der Waals surface area contributed by atoms with Crippen molar-refractivity contribution in [2.24, 2.45) is 5.41 Å². The van der Waals surface area contributed by atoms with Gasteiger partial charge in [-0.15, -0.1) is 0 Å². The molecule has 2 heterocycles. The van der Waals surface area contributed by atoms with Gasteiger partial charge in [-0.3, -0.25) is 4.79 Å². The Labute approximate surface area is 179 Å². The lowest BCUT2D eigenvalue weighted by Crippen LogP contribution is -2.59. The van der Waals surface area contributed by atoms with Gasteiger partial charge in [-0.25, -0.2) is 4.79 Å². The third kappa shape index (κ3) is 7.10. The van der Waals surface area contributed by atoms with Gasteiger partial charge in [0.25, 0.3) is 5.91 Å². The Morgan fingerprint density at radius 1 is 1.23 bits per heavy atom. The van der Waals surface area contributed by atoms with E-state index in [4.69, 9.17) is 19.4 Å². The number of likely N-dealkylation sites (tertiary alicyclic amines) is 2. The van der Waals surface area contributed by atoms with E-state index >= 15 is 0 Å². The summed E-state index contributed by atoms with van der Waals surface area (Å²) >= 11 is 0. The normalized spacial score (nSPS) is 17.8. The maximum Gasteiger partial charge on any atom is 0.490 e. The van der Waals surface area contributed by atoms with Crippen LogP contribution < -0.4 is 4.74 Å². The zero-order valence-corrected chi connectivity index (χ0v) is 17.9. The van der Waals surface area contributed by atoms with E-state index in [1.165, 1.54) is 6.42 Å². The lowest BCUT2D eigenvalue weighted by molar-refractivity contribution is -0.192. The molecule has 174 valence electrons. The maximum absolute atomic E-state index is 12.7. The van der Waals surface area contributed by atoms with E-state index in [1.54, 1.807) is 7.11 Å². The van der Waals surface area contributed by atoms with Crippen molar-refractivity contribution in [3.8, 4) is 5.75 Å². The molecule has 0 aliphatic carbocycles. The topological polar surface area (TPSA) is 79.3 Å². The number of rotatable bonds is 6. The van der Waals surface area contributed by atoms with Gasteiger partial charge in [-0.2, -0.15) is 13.2 Å². The first-order valence-corrected chi connectivity index (χ1v) is 10.0. The molecule has 0 saturated carbocycles. The molecular formula is C21H29F3N2O5. The monoisotopic (exact) mass is 446 g/mol. The molecule has 0 bridgehead atoms. The number of nitrogens with zero attached hydrogens (tertiary/aromatic N) is 2. The number of methoxy groups -OCH3 is 1. The van der Waals surface area contributed by atoms with Crippen molar-refractivity contribution in [1.82, 2.24) is 9.80 Å². The highest BCUT2D eigenvalue weighted by atomic mass is 19.4. The number of aliphatic carboxylic acids is 1. The van der Waals surface area contributed by atoms with Crippen LogP contribution in [0.2, 0.25) is 0 Å². The van der Waals surface area contributed by atoms with Crippen LogP contribution >= 0.6 is 0 Å². The molecule has 1 spiro atoms. The Kier molecular flexibility index (Phi) is 8.30. The van der Waals surface area contributed by atoms with Crippen molar-refractivity contribution in [2.45, 2.75) is 32.5 Å². The Balaban J connectivity index is 0.000000423. The van der Waals surface area contributed by atoms with Crippen LogP contribution in [-0.4, -0.2) is 85.5 Å². The molecule has 0 atom stereocenters. The van der Waals surface area contributed by atoms with E-state index in [-0.39, 0.29) is 12.0 Å². The summed E-state index contributed by atoms with van der Waals surface area (Å²) in [6.07, 6.45) is -3.80. The minimum atomic E-state index is -5.08. The first kappa shape index (κ1) is 24.9. The highest BCUT2D eigenvalue weighted by Crippen LogP contribution is 2.40. The summed E-state index contributed by atoms with van der Waals surface area (Å²) in [6, 6.07) is 7.52. The van der Waals surface area contributed by atoms with E-state index in [1.807, 2.05) is 43.0 Å². The second-order valence-electron chi connectivity index (χ2n) is 8.18. The van der Waals surface area contributed by atoms with Crippen molar-refractivity contribution >= 4 is 11.9 Å². The number of alkyl halides is 3. The molecule has 7 nitrogen and oxygen atoms in total. The molecule has 2 aliphatic rings. The van der Waals surface area contributed by atoms with Gasteiger partial charge in [0, 0.05) is 44.3 Å². The van der Waals surface area contributed by atoms with Crippen molar-refractivity contribution < 1.29 is 37.3 Å². The second kappa shape index (κ2) is 10.3. The molecule has 1 aromatic rings. The first-order valence-electron chi connectivity index (χ1n) is 10.0. The Morgan fingerprint density at radius 2 is 1.87 bits per heavy atom. The minimum absolute atomic E-state index is 0.110. The summed E-state index contributed by atoms with van der Waals surface area (Å²) in [5.41, 5.74) is 1.02. The zero-order valence-electron chi connectivity index (χ0n) is 17.9. The van der Waals surface area contributed by atoms with Crippen molar-refractivity contribution in [2.75, 3.05) is 46.4 Å². The molecule has 1 amide bonds. The highest BCUT2D eigenvalue weighted by molar-refractivity contribution is 5.95. The number of halogens is 3. The van der Waals surface area contributed by atoms with Crippen LogP contribution in [0.1, 0.15) is 30.6 Å². The number of carbonyl (C=O) groups is 2. The summed E-state index contributed by atoms with van der Waals surface area (Å²) in [5.74, 6) is -1.88. The quantitative estimate of drug-likeness (QED) is 0.724. The zero-order chi connectivity index (χ0) is 23.2. The Hall–Kier alpha value is -2.33. The second-order valence-corrected chi connectivity index (χ2v) is 8.18. The Bertz CT molecular complexity index is 764. The number of benzene rings is 1. The predicted molar refractivity (Wildman–Crippen MR) is 107 cm³/mol. The van der Waals surface area contributed by atoms with Gasteiger partial charge in [0.1, 0.15) is 5.75 Å². The SMILES string of the molecule is COCCN1CCC2(C1)CN(C(=O)c1cccc(OC(C)C)c1)C2.O=C(O)C(F)(F)F. The van der Waals surface area contributed by atoms with Gasteiger partial charge in [0.05, 0.1) is 12.7 Å². The van der Waals surface area contributed by atoms with Gasteiger partial charge < -0.3 is 24.4 Å². The molecule has 2 saturated heterocycles. The standard InChI is InChI=1S/C19H28N2O3.C2HF3O2/c1-15(2)24-17-6-4-5-16(11-17)18(22)21-13-19(14-21)7-8-20(12-19)9-10-23-3;3-2(4,5)1(6)7/h4-6,11,15H,7-10,12-14H2,1-3H3;(H,6,7). The number of carboxylic acid groups (broad SMARTS) is 1. The molecule has 2 fully saturated rings. The minimum Gasteiger partial charge on any atom is -0.491 e. The molecule has 2 aliphatic heterocycles. The lowest BCUT2D eigenvalue weighted by Gasteiger charge is -2.48. The highest BCUT2D eigenvalue weighted by Gasteiger charge is 2.49. The molecule has 31 heavy (non-hydrogen) atoms. The third-order valence-corrected chi connectivity index (χ3v) is 5.16. The summed E-state index contributed by atoms with van der Waals surface area (Å²) < 4.78 is 42.6. The number of hydrogen-bond acceptors (Lipinski definition) is 5. The molecular weight excluding hydrogens is 417 g/mol. The fourth-order valence-corrected chi connectivity index (χ4v) is 3.76. The predicted octanol–water partition coefficient (Wildman–Crippen LogP) is 2.90.